The van der Waals surface area contributed by atoms with Crippen LogP contribution in [0.5, 0.6) is 5.75 Å². The van der Waals surface area contributed by atoms with Gasteiger partial charge >= 0.3 is 0 Å². The first-order chi connectivity index (χ1) is 7.79. The van der Waals surface area contributed by atoms with Crippen molar-refractivity contribution in [1.82, 2.24) is 0 Å². The smallest absolute Gasteiger partial charge is 0.165 e. The third kappa shape index (κ3) is 4.70. The van der Waals surface area contributed by atoms with Crippen molar-refractivity contribution >= 4 is 9.84 Å². The van der Waals surface area contributed by atoms with E-state index in [1.54, 1.807) is 0 Å². The predicted molar refractivity (Wildman–Crippen MR) is 62.2 cm³/mol. The average molecular weight is 262 g/mol. The number of hydrogen-bond donors (Lipinski definition) is 1. The minimum absolute atomic E-state index is 0.0157. The first-order valence-electron chi connectivity index (χ1n) is 5.07. The average Bonchev–Trinajstić information content (AvgIpc) is 2.18. The Morgan fingerprint density at radius 3 is 2.59 bits per heavy atom. The van der Waals surface area contributed by atoms with Gasteiger partial charge in [-0.2, -0.15) is 0 Å². The lowest BCUT2D eigenvalue weighted by Crippen LogP contribution is -2.12. The molecule has 1 aromatic carbocycles. The van der Waals surface area contributed by atoms with Crippen LogP contribution in [0.4, 0.5) is 4.39 Å². The first-order valence-corrected chi connectivity index (χ1v) is 7.13. The van der Waals surface area contributed by atoms with Crippen LogP contribution in [0.15, 0.2) is 18.2 Å². The maximum atomic E-state index is 13.4. The van der Waals surface area contributed by atoms with Crippen molar-refractivity contribution in [2.45, 2.75) is 13.0 Å². The summed E-state index contributed by atoms with van der Waals surface area (Å²) in [5.41, 5.74) is 0.443. The molecule has 0 aliphatic heterocycles. The molecule has 0 unspecified atom stereocenters. The number of aliphatic hydroxyl groups excluding tert-OH is 1. The van der Waals surface area contributed by atoms with Crippen molar-refractivity contribution in [1.29, 1.82) is 0 Å². The fourth-order valence-corrected chi connectivity index (χ4v) is 1.58. The van der Waals surface area contributed by atoms with E-state index >= 15 is 0 Å². The number of halogens is 1. The molecule has 1 atom stereocenters. The Bertz CT molecular complexity index is 482. The molecule has 1 rings (SSSR count). The van der Waals surface area contributed by atoms with E-state index in [2.05, 4.69) is 0 Å². The number of benzene rings is 1. The van der Waals surface area contributed by atoms with E-state index in [-0.39, 0.29) is 18.1 Å². The van der Waals surface area contributed by atoms with Gasteiger partial charge in [-0.3, -0.25) is 0 Å². The van der Waals surface area contributed by atoms with Crippen LogP contribution in [0.1, 0.15) is 18.6 Å². The fourth-order valence-electron chi connectivity index (χ4n) is 1.20. The summed E-state index contributed by atoms with van der Waals surface area (Å²) in [4.78, 5) is 0. The summed E-state index contributed by atoms with van der Waals surface area (Å²) in [5.74, 6) is -0.792. The Labute approximate surface area is 100.0 Å². The molecule has 0 fully saturated rings. The van der Waals surface area contributed by atoms with E-state index in [0.717, 1.165) is 6.26 Å². The van der Waals surface area contributed by atoms with Gasteiger partial charge in [0.25, 0.3) is 0 Å². The highest BCUT2D eigenvalue weighted by Gasteiger charge is 2.09. The topological polar surface area (TPSA) is 63.6 Å². The van der Waals surface area contributed by atoms with Crippen molar-refractivity contribution in [2.24, 2.45) is 0 Å². The van der Waals surface area contributed by atoms with Gasteiger partial charge in [0.2, 0.25) is 0 Å². The van der Waals surface area contributed by atoms with Crippen LogP contribution in [-0.4, -0.2) is 32.1 Å². The molecule has 0 aromatic heterocycles. The van der Waals surface area contributed by atoms with E-state index in [9.17, 15) is 17.9 Å². The van der Waals surface area contributed by atoms with Crippen molar-refractivity contribution in [3.05, 3.63) is 29.6 Å². The van der Waals surface area contributed by atoms with Gasteiger partial charge < -0.3 is 9.84 Å². The highest BCUT2D eigenvalue weighted by atomic mass is 32.2. The maximum Gasteiger partial charge on any atom is 0.165 e. The molecule has 0 aliphatic rings. The van der Waals surface area contributed by atoms with Crippen LogP contribution in [0, 0.1) is 5.82 Å². The zero-order valence-electron chi connectivity index (χ0n) is 9.68. The van der Waals surface area contributed by atoms with Gasteiger partial charge in [-0.05, 0) is 24.6 Å². The van der Waals surface area contributed by atoms with Gasteiger partial charge in [-0.25, -0.2) is 12.8 Å². The fraction of sp³-hybridized carbons (Fsp3) is 0.455. The third-order valence-electron chi connectivity index (χ3n) is 2.15. The maximum absolute atomic E-state index is 13.4. The molecule has 1 aromatic rings. The van der Waals surface area contributed by atoms with Crippen LogP contribution in [0.2, 0.25) is 0 Å². The molecule has 6 heteroatoms. The number of sulfone groups is 1. The number of hydrogen-bond acceptors (Lipinski definition) is 4. The minimum atomic E-state index is -3.12. The molecular formula is C11H15FO4S. The second-order valence-corrected chi connectivity index (χ2v) is 6.10. The summed E-state index contributed by atoms with van der Waals surface area (Å²) < 4.78 is 40.1. The highest BCUT2D eigenvalue weighted by Crippen LogP contribution is 2.21. The molecule has 0 heterocycles. The standard InChI is InChI=1S/C11H15FO4S/c1-8(13)9-3-4-11(10(12)7-9)16-5-6-17(2,14)15/h3-4,7-8,13H,5-6H2,1-2H3/t8-/m0/s1. The van der Waals surface area contributed by atoms with Gasteiger partial charge in [0.1, 0.15) is 6.61 Å². The monoisotopic (exact) mass is 262 g/mol. The van der Waals surface area contributed by atoms with Crippen LogP contribution in [0.3, 0.4) is 0 Å². The van der Waals surface area contributed by atoms with Crippen molar-refractivity contribution in [3.8, 4) is 5.75 Å². The van der Waals surface area contributed by atoms with Crippen LogP contribution in [0.25, 0.3) is 0 Å². The molecule has 96 valence electrons. The van der Waals surface area contributed by atoms with Gasteiger partial charge in [0.05, 0.1) is 11.9 Å². The normalized spacial score (nSPS) is 13.4. The lowest BCUT2D eigenvalue weighted by atomic mass is 10.1. The Kier molecular flexibility index (Phi) is 4.47. The molecule has 0 saturated heterocycles. The zero-order valence-corrected chi connectivity index (χ0v) is 10.5. The van der Waals surface area contributed by atoms with Gasteiger partial charge in [0, 0.05) is 6.26 Å². The summed E-state index contributed by atoms with van der Waals surface area (Å²) in [6, 6.07) is 4.07. The summed E-state index contributed by atoms with van der Waals surface area (Å²) in [7, 11) is -3.12. The molecule has 4 nitrogen and oxygen atoms in total. The van der Waals surface area contributed by atoms with E-state index in [4.69, 9.17) is 4.74 Å². The van der Waals surface area contributed by atoms with Crippen molar-refractivity contribution < 1.29 is 22.7 Å². The Balaban J connectivity index is 2.67. The van der Waals surface area contributed by atoms with Gasteiger partial charge in [-0.15, -0.1) is 0 Å². The molecule has 0 aliphatic carbocycles. The zero-order chi connectivity index (χ0) is 13.1. The SMILES string of the molecule is C[C@H](O)c1ccc(OCCS(C)(=O)=O)c(F)c1. The molecule has 0 bridgehead atoms. The summed E-state index contributed by atoms with van der Waals surface area (Å²) in [5, 5.41) is 9.23. The van der Waals surface area contributed by atoms with Crippen LogP contribution >= 0.6 is 0 Å². The molecular weight excluding hydrogens is 247 g/mol. The summed E-state index contributed by atoms with van der Waals surface area (Å²) in [6.07, 6.45) is 0.332. The summed E-state index contributed by atoms with van der Waals surface area (Å²) >= 11 is 0. The Morgan fingerprint density at radius 1 is 1.47 bits per heavy atom. The van der Waals surface area contributed by atoms with E-state index in [1.165, 1.54) is 25.1 Å². The molecule has 0 amide bonds. The Morgan fingerprint density at radius 2 is 2.12 bits per heavy atom. The van der Waals surface area contributed by atoms with Gasteiger partial charge in [-0.1, -0.05) is 6.07 Å². The van der Waals surface area contributed by atoms with Crippen LogP contribution < -0.4 is 4.74 Å². The molecule has 17 heavy (non-hydrogen) atoms. The third-order valence-corrected chi connectivity index (χ3v) is 3.06. The molecule has 0 saturated carbocycles. The number of ether oxygens (including phenoxy) is 1. The van der Waals surface area contributed by atoms with Crippen LogP contribution in [-0.2, 0) is 9.84 Å². The second kappa shape index (κ2) is 5.46. The lowest BCUT2D eigenvalue weighted by molar-refractivity contribution is 0.198. The second-order valence-electron chi connectivity index (χ2n) is 3.84. The lowest BCUT2D eigenvalue weighted by Gasteiger charge is -2.09. The molecule has 0 radical (unpaired) electrons. The highest BCUT2D eigenvalue weighted by molar-refractivity contribution is 7.90. The first kappa shape index (κ1) is 13.9. The van der Waals surface area contributed by atoms with Gasteiger partial charge in [0.15, 0.2) is 21.4 Å². The molecule has 0 spiro atoms. The van der Waals surface area contributed by atoms with E-state index < -0.39 is 21.8 Å². The quantitative estimate of drug-likeness (QED) is 0.868. The summed E-state index contributed by atoms with van der Waals surface area (Å²) in [6.45, 7) is 1.43. The number of rotatable bonds is 5. The largest absolute Gasteiger partial charge is 0.489 e. The van der Waals surface area contributed by atoms with Crippen molar-refractivity contribution in [3.63, 3.8) is 0 Å². The minimum Gasteiger partial charge on any atom is -0.489 e. The van der Waals surface area contributed by atoms with Crippen molar-refractivity contribution in [2.75, 3.05) is 18.6 Å². The molecule has 1 N–H and O–H groups in total. The Hall–Kier alpha value is -1.14. The predicted octanol–water partition coefficient (Wildman–Crippen LogP) is 1.30. The van der Waals surface area contributed by atoms with E-state index in [0.29, 0.717) is 5.56 Å². The van der Waals surface area contributed by atoms with E-state index in [1.807, 2.05) is 0 Å². The number of aliphatic hydroxyl groups is 1.